The van der Waals surface area contributed by atoms with Crippen LogP contribution >= 0.6 is 11.6 Å². The second kappa shape index (κ2) is 5.85. The van der Waals surface area contributed by atoms with Crippen LogP contribution in [0.5, 0.6) is 0 Å². The Balaban J connectivity index is 2.97. The SMILES string of the molecule is O=C(CO)OCCCCl. The van der Waals surface area contributed by atoms with E-state index in [0.29, 0.717) is 18.9 Å². The number of hydrogen-bond acceptors (Lipinski definition) is 3. The summed E-state index contributed by atoms with van der Waals surface area (Å²) in [7, 11) is 0. The fraction of sp³-hybridized carbons (Fsp3) is 0.800. The van der Waals surface area contributed by atoms with Gasteiger partial charge in [-0.3, -0.25) is 0 Å². The lowest BCUT2D eigenvalue weighted by molar-refractivity contribution is -0.146. The van der Waals surface area contributed by atoms with Gasteiger partial charge < -0.3 is 9.84 Å². The highest BCUT2D eigenvalue weighted by Crippen LogP contribution is 1.85. The molecule has 0 saturated carbocycles. The second-order valence-corrected chi connectivity index (χ2v) is 1.80. The summed E-state index contributed by atoms with van der Waals surface area (Å²) >= 11 is 5.27. The molecule has 0 aliphatic rings. The molecule has 1 N–H and O–H groups in total. The maximum atomic E-state index is 10.2. The van der Waals surface area contributed by atoms with Crippen LogP contribution in [-0.2, 0) is 9.53 Å². The number of carbonyl (C=O) groups excluding carboxylic acids is 1. The third-order valence-electron chi connectivity index (χ3n) is 0.670. The zero-order valence-electron chi connectivity index (χ0n) is 4.97. The molecule has 0 radical (unpaired) electrons. The Bertz CT molecular complexity index is 84.3. The fourth-order valence-electron chi connectivity index (χ4n) is 0.286. The molecule has 0 fully saturated rings. The van der Waals surface area contributed by atoms with Crippen molar-refractivity contribution in [2.75, 3.05) is 19.1 Å². The van der Waals surface area contributed by atoms with Crippen LogP contribution < -0.4 is 0 Å². The van der Waals surface area contributed by atoms with E-state index in [2.05, 4.69) is 4.74 Å². The van der Waals surface area contributed by atoms with Gasteiger partial charge >= 0.3 is 5.97 Å². The summed E-state index contributed by atoms with van der Waals surface area (Å²) in [6, 6.07) is 0. The first-order chi connectivity index (χ1) is 4.31. The van der Waals surface area contributed by atoms with Crippen molar-refractivity contribution >= 4 is 17.6 Å². The van der Waals surface area contributed by atoms with Crippen LogP contribution in [0, 0.1) is 0 Å². The van der Waals surface area contributed by atoms with E-state index in [1.54, 1.807) is 0 Å². The van der Waals surface area contributed by atoms with Gasteiger partial charge in [-0.1, -0.05) is 0 Å². The molecule has 54 valence electrons. The molecule has 3 nitrogen and oxygen atoms in total. The standard InChI is InChI=1S/C5H9ClO3/c6-2-1-3-9-5(8)4-7/h7H,1-4H2. The molecule has 0 aliphatic heterocycles. The Morgan fingerprint density at radius 3 is 2.78 bits per heavy atom. The quantitative estimate of drug-likeness (QED) is 0.355. The van der Waals surface area contributed by atoms with Gasteiger partial charge in [0.1, 0.15) is 6.61 Å². The van der Waals surface area contributed by atoms with Gasteiger partial charge in [-0.05, 0) is 6.42 Å². The van der Waals surface area contributed by atoms with E-state index in [1.807, 2.05) is 0 Å². The summed E-state index contributed by atoms with van der Waals surface area (Å²) < 4.78 is 4.46. The second-order valence-electron chi connectivity index (χ2n) is 1.42. The first kappa shape index (κ1) is 8.72. The molecule has 0 bridgehead atoms. The molecule has 0 saturated heterocycles. The lowest BCUT2D eigenvalue weighted by atomic mass is 10.5. The predicted octanol–water partition coefficient (Wildman–Crippen LogP) is 0.151. The summed E-state index contributed by atoms with van der Waals surface area (Å²) in [6.07, 6.45) is 0.632. The zero-order chi connectivity index (χ0) is 7.11. The summed E-state index contributed by atoms with van der Waals surface area (Å²) in [4.78, 5) is 10.2. The average molecular weight is 153 g/mol. The fourth-order valence-corrected chi connectivity index (χ4v) is 0.395. The highest BCUT2D eigenvalue weighted by Gasteiger charge is 1.96. The Kier molecular flexibility index (Phi) is 5.67. The number of aliphatic hydroxyl groups excluding tert-OH is 1. The van der Waals surface area contributed by atoms with Crippen LogP contribution in [0.1, 0.15) is 6.42 Å². The van der Waals surface area contributed by atoms with Crippen molar-refractivity contribution < 1.29 is 14.6 Å². The third-order valence-corrected chi connectivity index (χ3v) is 0.937. The molecule has 0 aromatic heterocycles. The summed E-state index contributed by atoms with van der Waals surface area (Å²) in [5.74, 6) is -0.126. The maximum Gasteiger partial charge on any atom is 0.331 e. The van der Waals surface area contributed by atoms with Gasteiger partial charge in [-0.2, -0.15) is 0 Å². The van der Waals surface area contributed by atoms with E-state index in [0.717, 1.165) is 0 Å². The van der Waals surface area contributed by atoms with Gasteiger partial charge in [0, 0.05) is 5.88 Å². The summed E-state index contributed by atoms with van der Waals surface area (Å²) in [5, 5.41) is 8.13. The van der Waals surface area contributed by atoms with Gasteiger partial charge in [0.05, 0.1) is 6.61 Å². The number of alkyl halides is 1. The smallest absolute Gasteiger partial charge is 0.331 e. The van der Waals surface area contributed by atoms with Crippen molar-refractivity contribution in [2.45, 2.75) is 6.42 Å². The molecule has 0 aromatic rings. The minimum atomic E-state index is -0.597. The molecule has 4 heteroatoms. The lowest BCUT2D eigenvalue weighted by Gasteiger charge is -1.98. The third kappa shape index (κ3) is 5.59. The first-order valence-electron chi connectivity index (χ1n) is 2.63. The van der Waals surface area contributed by atoms with Crippen molar-refractivity contribution in [1.29, 1.82) is 0 Å². The minimum absolute atomic E-state index is 0.295. The van der Waals surface area contributed by atoms with Crippen LogP contribution in [0.2, 0.25) is 0 Å². The number of carbonyl (C=O) groups is 1. The lowest BCUT2D eigenvalue weighted by Crippen LogP contribution is -2.09. The molecule has 0 spiro atoms. The molecular weight excluding hydrogens is 144 g/mol. The average Bonchev–Trinajstić information content (AvgIpc) is 1.89. The van der Waals surface area contributed by atoms with Crippen molar-refractivity contribution in [1.82, 2.24) is 0 Å². The molecule has 9 heavy (non-hydrogen) atoms. The van der Waals surface area contributed by atoms with Crippen molar-refractivity contribution in [2.24, 2.45) is 0 Å². The molecular formula is C5H9ClO3. The molecule has 0 amide bonds. The van der Waals surface area contributed by atoms with Gasteiger partial charge in [-0.25, -0.2) is 4.79 Å². The number of ether oxygens (including phenoxy) is 1. The predicted molar refractivity (Wildman–Crippen MR) is 33.4 cm³/mol. The Morgan fingerprint density at radius 1 is 1.67 bits per heavy atom. The van der Waals surface area contributed by atoms with Gasteiger partial charge in [-0.15, -0.1) is 11.6 Å². The Labute approximate surface area is 58.6 Å². The van der Waals surface area contributed by atoms with Crippen LogP contribution in [-0.4, -0.2) is 30.2 Å². The number of halogens is 1. The largest absolute Gasteiger partial charge is 0.464 e. The van der Waals surface area contributed by atoms with E-state index in [1.165, 1.54) is 0 Å². The van der Waals surface area contributed by atoms with Gasteiger partial charge in [0.2, 0.25) is 0 Å². The zero-order valence-corrected chi connectivity index (χ0v) is 5.73. The normalized spacial score (nSPS) is 9.11. The topological polar surface area (TPSA) is 46.5 Å². The molecule has 0 heterocycles. The molecule has 0 rings (SSSR count). The van der Waals surface area contributed by atoms with Crippen LogP contribution in [0.3, 0.4) is 0 Å². The van der Waals surface area contributed by atoms with Crippen LogP contribution in [0.15, 0.2) is 0 Å². The Hall–Kier alpha value is -0.280. The molecule has 0 aliphatic carbocycles. The van der Waals surface area contributed by atoms with E-state index in [-0.39, 0.29) is 0 Å². The highest BCUT2D eigenvalue weighted by atomic mass is 35.5. The van der Waals surface area contributed by atoms with Crippen LogP contribution in [0.4, 0.5) is 0 Å². The monoisotopic (exact) mass is 152 g/mol. The van der Waals surface area contributed by atoms with Crippen molar-refractivity contribution in [3.8, 4) is 0 Å². The molecule has 0 unspecified atom stereocenters. The van der Waals surface area contributed by atoms with E-state index >= 15 is 0 Å². The number of hydrogen-bond donors (Lipinski definition) is 1. The van der Waals surface area contributed by atoms with Crippen molar-refractivity contribution in [3.05, 3.63) is 0 Å². The van der Waals surface area contributed by atoms with E-state index in [4.69, 9.17) is 16.7 Å². The molecule has 0 aromatic carbocycles. The van der Waals surface area contributed by atoms with Crippen LogP contribution in [0.25, 0.3) is 0 Å². The van der Waals surface area contributed by atoms with Crippen molar-refractivity contribution in [3.63, 3.8) is 0 Å². The minimum Gasteiger partial charge on any atom is -0.464 e. The number of esters is 1. The number of aliphatic hydroxyl groups is 1. The van der Waals surface area contributed by atoms with Gasteiger partial charge in [0.15, 0.2) is 0 Å². The maximum absolute atomic E-state index is 10.2. The van der Waals surface area contributed by atoms with E-state index in [9.17, 15) is 4.79 Å². The van der Waals surface area contributed by atoms with Gasteiger partial charge in [0.25, 0.3) is 0 Å². The highest BCUT2D eigenvalue weighted by molar-refractivity contribution is 6.17. The Morgan fingerprint density at radius 2 is 2.33 bits per heavy atom. The summed E-state index contributed by atoms with van der Waals surface area (Å²) in [5.41, 5.74) is 0. The number of rotatable bonds is 4. The molecule has 0 atom stereocenters. The first-order valence-corrected chi connectivity index (χ1v) is 3.17. The summed E-state index contributed by atoms with van der Waals surface area (Å²) in [6.45, 7) is -0.259. The van der Waals surface area contributed by atoms with E-state index < -0.39 is 12.6 Å².